The summed E-state index contributed by atoms with van der Waals surface area (Å²) in [6.45, 7) is 1.15. The zero-order chi connectivity index (χ0) is 22.2. The van der Waals surface area contributed by atoms with Crippen LogP contribution in [0.15, 0.2) is 36.7 Å². The number of ether oxygens (including phenoxy) is 2. The van der Waals surface area contributed by atoms with Crippen molar-refractivity contribution >= 4 is 23.2 Å². The smallest absolute Gasteiger partial charge is 0.433 e. The maximum Gasteiger partial charge on any atom is 0.433 e. The number of aromatic nitrogens is 3. The van der Waals surface area contributed by atoms with Crippen LogP contribution in [0.3, 0.4) is 0 Å². The highest BCUT2D eigenvalue weighted by Crippen LogP contribution is 2.28. The molecule has 1 aliphatic rings. The minimum Gasteiger partial charge on any atom is -0.478 e. The van der Waals surface area contributed by atoms with Gasteiger partial charge in [-0.15, -0.1) is 0 Å². The van der Waals surface area contributed by atoms with E-state index >= 15 is 0 Å². The minimum atomic E-state index is -4.72. The van der Waals surface area contributed by atoms with Gasteiger partial charge < -0.3 is 24.3 Å². The molecule has 1 unspecified atom stereocenters. The average Bonchev–Trinajstić information content (AvgIpc) is 3.16. The van der Waals surface area contributed by atoms with Gasteiger partial charge in [0, 0.05) is 12.4 Å². The van der Waals surface area contributed by atoms with Gasteiger partial charge in [0.05, 0.1) is 36.8 Å². The molecule has 2 N–H and O–H groups in total. The molecule has 0 aromatic carbocycles. The first kappa shape index (κ1) is 20.8. The predicted molar refractivity (Wildman–Crippen MR) is 98.9 cm³/mol. The van der Waals surface area contributed by atoms with Crippen molar-refractivity contribution in [1.29, 1.82) is 0 Å². The van der Waals surface area contributed by atoms with Crippen LogP contribution in [0.2, 0.25) is 0 Å². The van der Waals surface area contributed by atoms with Gasteiger partial charge in [0.2, 0.25) is 0 Å². The number of halogens is 3. The third-order valence-electron chi connectivity index (χ3n) is 4.51. The summed E-state index contributed by atoms with van der Waals surface area (Å²) in [5, 5.41) is 11.8. The molecule has 0 saturated carbocycles. The first-order chi connectivity index (χ1) is 14.7. The highest BCUT2D eigenvalue weighted by Gasteiger charge is 2.33. The normalized spacial score (nSPS) is 16.9. The van der Waals surface area contributed by atoms with E-state index in [9.17, 15) is 27.9 Å². The number of carbonyl (C=O) groups excluding carboxylic acids is 1. The number of nitrogens with one attached hydrogen (secondary N) is 1. The summed E-state index contributed by atoms with van der Waals surface area (Å²) < 4.78 is 51.0. The molecule has 1 fully saturated rings. The van der Waals surface area contributed by atoms with Crippen molar-refractivity contribution < 1.29 is 37.3 Å². The minimum absolute atomic E-state index is 0.131. The molecule has 0 spiro atoms. The number of amides is 1. The Balaban J connectivity index is 1.66. The van der Waals surface area contributed by atoms with E-state index in [0.717, 1.165) is 18.2 Å². The van der Waals surface area contributed by atoms with E-state index in [-0.39, 0.29) is 16.9 Å². The van der Waals surface area contributed by atoms with E-state index in [1.807, 2.05) is 0 Å². The molecule has 0 bridgehead atoms. The molecule has 1 atom stereocenters. The quantitative estimate of drug-likeness (QED) is 0.646. The van der Waals surface area contributed by atoms with Gasteiger partial charge in [-0.2, -0.15) is 13.2 Å². The molecule has 4 heterocycles. The lowest BCUT2D eigenvalue weighted by Gasteiger charge is -2.20. The molecule has 3 aromatic heterocycles. The number of carbonyl (C=O) groups is 2. The van der Waals surface area contributed by atoms with E-state index in [4.69, 9.17) is 9.47 Å². The third-order valence-corrected chi connectivity index (χ3v) is 4.51. The van der Waals surface area contributed by atoms with E-state index in [2.05, 4.69) is 15.3 Å². The summed E-state index contributed by atoms with van der Waals surface area (Å²) in [5.41, 5.74) is -1.36. The molecule has 9 nitrogen and oxygen atoms in total. The summed E-state index contributed by atoms with van der Waals surface area (Å²) in [6, 6.07) is 4.11. The summed E-state index contributed by atoms with van der Waals surface area (Å²) in [7, 11) is 0. The molecule has 0 aliphatic carbocycles. The number of aromatic carboxylic acids is 1. The maximum atomic E-state index is 12.9. The second-order valence-electron chi connectivity index (χ2n) is 6.63. The fourth-order valence-corrected chi connectivity index (χ4v) is 3.05. The number of hydrogen-bond acceptors (Lipinski definition) is 6. The van der Waals surface area contributed by atoms with Gasteiger partial charge in [0.25, 0.3) is 5.91 Å². The molecule has 1 saturated heterocycles. The van der Waals surface area contributed by atoms with Gasteiger partial charge in [0.1, 0.15) is 23.1 Å². The highest BCUT2D eigenvalue weighted by atomic mass is 19.4. The van der Waals surface area contributed by atoms with E-state index in [1.165, 1.54) is 16.7 Å². The van der Waals surface area contributed by atoms with E-state index in [0.29, 0.717) is 25.5 Å². The number of imidazole rings is 1. The molecule has 3 aromatic rings. The Hall–Kier alpha value is -3.51. The second-order valence-corrected chi connectivity index (χ2v) is 6.63. The number of fused-ring (bicyclic) bond motifs is 1. The molecule has 31 heavy (non-hydrogen) atoms. The van der Waals surface area contributed by atoms with Gasteiger partial charge in [-0.3, -0.25) is 4.79 Å². The molecule has 1 amide bonds. The van der Waals surface area contributed by atoms with Gasteiger partial charge in [-0.1, -0.05) is 6.07 Å². The van der Waals surface area contributed by atoms with E-state index < -0.39 is 35.5 Å². The van der Waals surface area contributed by atoms with Crippen LogP contribution >= 0.6 is 0 Å². The lowest BCUT2D eigenvalue weighted by molar-refractivity contribution is -0.141. The van der Waals surface area contributed by atoms with Crippen LogP contribution in [0, 0.1) is 0 Å². The standard InChI is InChI=1S/C19H15F3N4O5/c20-19(21,22)15-3-1-2-11(23-15)17(27)25-12-7-26-8-13(14-9-30-4-5-31-14)24-16(26)6-10(12)18(28)29/h1-3,6-8,14H,4-5,9H2,(H,25,27)(H,28,29). The van der Waals surface area contributed by atoms with Gasteiger partial charge in [-0.05, 0) is 18.2 Å². The summed E-state index contributed by atoms with van der Waals surface area (Å²) in [5.74, 6) is -2.34. The number of carboxylic acids is 1. The summed E-state index contributed by atoms with van der Waals surface area (Å²) in [4.78, 5) is 31.8. The zero-order valence-electron chi connectivity index (χ0n) is 15.7. The number of nitrogens with zero attached hydrogens (tertiary/aromatic N) is 3. The van der Waals surface area contributed by atoms with Crippen molar-refractivity contribution in [2.24, 2.45) is 0 Å². The van der Waals surface area contributed by atoms with Crippen molar-refractivity contribution in [2.45, 2.75) is 12.3 Å². The first-order valence-electron chi connectivity index (χ1n) is 9.03. The van der Waals surface area contributed by atoms with Crippen LogP contribution in [-0.4, -0.2) is 51.2 Å². The zero-order valence-corrected chi connectivity index (χ0v) is 15.7. The fraction of sp³-hybridized carbons (Fsp3) is 0.263. The first-order valence-corrected chi connectivity index (χ1v) is 9.03. The van der Waals surface area contributed by atoms with Crippen LogP contribution in [0.25, 0.3) is 5.65 Å². The van der Waals surface area contributed by atoms with Crippen LogP contribution in [0.4, 0.5) is 18.9 Å². The maximum absolute atomic E-state index is 12.9. The van der Waals surface area contributed by atoms with Crippen molar-refractivity contribution in [3.05, 3.63) is 59.3 Å². The lowest BCUT2D eigenvalue weighted by Crippen LogP contribution is -2.22. The largest absolute Gasteiger partial charge is 0.478 e. The van der Waals surface area contributed by atoms with Crippen LogP contribution in [0.5, 0.6) is 0 Å². The highest BCUT2D eigenvalue weighted by molar-refractivity contribution is 6.07. The Labute approximate surface area is 172 Å². The molecule has 12 heteroatoms. The number of carboxylic acid groups (broad SMARTS) is 1. The summed E-state index contributed by atoms with van der Waals surface area (Å²) in [6.07, 6.45) is -2.24. The Bertz CT molecular complexity index is 1160. The summed E-state index contributed by atoms with van der Waals surface area (Å²) >= 11 is 0. The Morgan fingerprint density at radius 3 is 2.68 bits per heavy atom. The molecular formula is C19H15F3N4O5. The Morgan fingerprint density at radius 1 is 1.19 bits per heavy atom. The SMILES string of the molecule is O=C(Nc1cn2cc(C3COCCO3)nc2cc1C(=O)O)c1cccc(C(F)(F)F)n1. The number of pyridine rings is 2. The lowest BCUT2D eigenvalue weighted by atomic mass is 10.2. The monoisotopic (exact) mass is 436 g/mol. The Kier molecular flexibility index (Phi) is 5.33. The molecule has 162 valence electrons. The number of hydrogen-bond donors (Lipinski definition) is 2. The van der Waals surface area contributed by atoms with Gasteiger partial charge >= 0.3 is 12.1 Å². The number of anilines is 1. The number of rotatable bonds is 4. The van der Waals surface area contributed by atoms with Crippen molar-refractivity contribution in [1.82, 2.24) is 14.4 Å². The Morgan fingerprint density at radius 2 is 2.00 bits per heavy atom. The van der Waals surface area contributed by atoms with Gasteiger partial charge in [-0.25, -0.2) is 14.8 Å². The molecule has 0 radical (unpaired) electrons. The van der Waals surface area contributed by atoms with Crippen molar-refractivity contribution in [2.75, 3.05) is 25.1 Å². The van der Waals surface area contributed by atoms with Gasteiger partial charge in [0.15, 0.2) is 0 Å². The average molecular weight is 436 g/mol. The van der Waals surface area contributed by atoms with Crippen molar-refractivity contribution in [3.63, 3.8) is 0 Å². The fourth-order valence-electron chi connectivity index (χ4n) is 3.05. The molecular weight excluding hydrogens is 421 g/mol. The predicted octanol–water partition coefficient (Wildman–Crippen LogP) is 2.79. The number of alkyl halides is 3. The van der Waals surface area contributed by atoms with E-state index in [1.54, 1.807) is 6.20 Å². The van der Waals surface area contributed by atoms with Crippen molar-refractivity contribution in [3.8, 4) is 0 Å². The van der Waals surface area contributed by atoms with Crippen LogP contribution < -0.4 is 5.32 Å². The van der Waals surface area contributed by atoms with Crippen LogP contribution in [-0.2, 0) is 15.7 Å². The molecule has 1 aliphatic heterocycles. The third kappa shape index (κ3) is 4.34. The second kappa shape index (κ2) is 7.96. The topological polar surface area (TPSA) is 115 Å². The molecule has 4 rings (SSSR count). The van der Waals surface area contributed by atoms with Crippen LogP contribution in [0.1, 0.15) is 38.3 Å².